The van der Waals surface area contributed by atoms with Crippen molar-refractivity contribution in [2.75, 3.05) is 13.2 Å². The third-order valence-electron chi connectivity index (χ3n) is 3.26. The molecular formula is C15H23NO. The number of hydrogen-bond donors (Lipinski definition) is 1. The highest BCUT2D eigenvalue weighted by Crippen LogP contribution is 2.22. The Morgan fingerprint density at radius 2 is 2.24 bits per heavy atom. The second kappa shape index (κ2) is 5.65. The van der Waals surface area contributed by atoms with E-state index in [2.05, 4.69) is 50.4 Å². The summed E-state index contributed by atoms with van der Waals surface area (Å²) in [6.07, 6.45) is 1.42. The first kappa shape index (κ1) is 12.6. The first-order valence-corrected chi connectivity index (χ1v) is 6.56. The van der Waals surface area contributed by atoms with Gasteiger partial charge in [-0.1, -0.05) is 43.7 Å². The van der Waals surface area contributed by atoms with Gasteiger partial charge in [-0.3, -0.25) is 0 Å². The predicted molar refractivity (Wildman–Crippen MR) is 71.1 cm³/mol. The van der Waals surface area contributed by atoms with Crippen molar-refractivity contribution in [3.63, 3.8) is 0 Å². The normalized spacial score (nSPS) is 25.2. The zero-order valence-electron chi connectivity index (χ0n) is 11.1. The van der Waals surface area contributed by atoms with Gasteiger partial charge in [0.25, 0.3) is 0 Å². The summed E-state index contributed by atoms with van der Waals surface area (Å²) in [5.74, 6) is 0.728. The summed E-state index contributed by atoms with van der Waals surface area (Å²) in [4.78, 5) is 0. The van der Waals surface area contributed by atoms with Gasteiger partial charge in [0.15, 0.2) is 0 Å². The van der Waals surface area contributed by atoms with Crippen LogP contribution in [0.15, 0.2) is 24.3 Å². The smallest absolute Gasteiger partial charge is 0.0950 e. The molecule has 2 nitrogen and oxygen atoms in total. The van der Waals surface area contributed by atoms with Crippen LogP contribution in [-0.2, 0) is 4.74 Å². The van der Waals surface area contributed by atoms with Crippen LogP contribution in [0.4, 0.5) is 0 Å². The number of aryl methyl sites for hydroxylation is 1. The van der Waals surface area contributed by atoms with E-state index >= 15 is 0 Å². The van der Waals surface area contributed by atoms with Crippen molar-refractivity contribution in [1.29, 1.82) is 0 Å². The summed E-state index contributed by atoms with van der Waals surface area (Å²) in [6.45, 7) is 8.40. The summed E-state index contributed by atoms with van der Waals surface area (Å²) in [7, 11) is 0. The minimum Gasteiger partial charge on any atom is -0.371 e. The van der Waals surface area contributed by atoms with E-state index < -0.39 is 0 Å². The number of morpholine rings is 1. The summed E-state index contributed by atoms with van der Waals surface area (Å²) in [5.41, 5.74) is 2.59. The molecule has 0 amide bonds. The Kier molecular flexibility index (Phi) is 4.19. The zero-order valence-corrected chi connectivity index (χ0v) is 11.1. The Morgan fingerprint density at radius 3 is 2.82 bits per heavy atom. The highest BCUT2D eigenvalue weighted by Gasteiger charge is 2.22. The Balaban J connectivity index is 1.91. The lowest BCUT2D eigenvalue weighted by Gasteiger charge is -2.31. The van der Waals surface area contributed by atoms with Gasteiger partial charge in [0.2, 0.25) is 0 Å². The third kappa shape index (κ3) is 3.55. The van der Waals surface area contributed by atoms with Crippen molar-refractivity contribution in [3.8, 4) is 0 Å². The molecule has 2 rings (SSSR count). The van der Waals surface area contributed by atoms with Crippen molar-refractivity contribution in [2.45, 2.75) is 39.3 Å². The van der Waals surface area contributed by atoms with Crippen LogP contribution < -0.4 is 5.32 Å². The maximum Gasteiger partial charge on any atom is 0.0950 e. The summed E-state index contributed by atoms with van der Waals surface area (Å²) >= 11 is 0. The lowest BCUT2D eigenvalue weighted by atomic mass is 10.0. The Labute approximate surface area is 104 Å². The molecule has 1 N–H and O–H groups in total. The standard InChI is InChI=1S/C15H23NO/c1-11(2)7-14-10-17-15(9-16-14)13-6-4-5-12(3)8-13/h4-6,8,11,14-16H,7,9-10H2,1-3H3. The molecule has 0 bridgehead atoms. The molecule has 2 unspecified atom stereocenters. The molecule has 0 saturated carbocycles. The van der Waals surface area contributed by atoms with E-state index in [4.69, 9.17) is 4.74 Å². The highest BCUT2D eigenvalue weighted by atomic mass is 16.5. The van der Waals surface area contributed by atoms with Gasteiger partial charge in [0, 0.05) is 12.6 Å². The van der Waals surface area contributed by atoms with E-state index in [1.807, 2.05) is 0 Å². The van der Waals surface area contributed by atoms with Gasteiger partial charge in [-0.25, -0.2) is 0 Å². The van der Waals surface area contributed by atoms with Crippen molar-refractivity contribution in [2.24, 2.45) is 5.92 Å². The van der Waals surface area contributed by atoms with Crippen LogP contribution in [-0.4, -0.2) is 19.2 Å². The van der Waals surface area contributed by atoms with Crippen LogP contribution >= 0.6 is 0 Å². The molecule has 1 heterocycles. The van der Waals surface area contributed by atoms with Crippen LogP contribution in [0.1, 0.15) is 37.5 Å². The van der Waals surface area contributed by atoms with Gasteiger partial charge in [-0.15, -0.1) is 0 Å². The number of nitrogens with one attached hydrogen (secondary N) is 1. The predicted octanol–water partition coefficient (Wildman–Crippen LogP) is 3.07. The number of benzene rings is 1. The van der Waals surface area contributed by atoms with E-state index in [1.165, 1.54) is 17.5 Å². The van der Waals surface area contributed by atoms with Gasteiger partial charge in [0.05, 0.1) is 12.7 Å². The Bertz CT molecular complexity index is 354. The first-order valence-electron chi connectivity index (χ1n) is 6.56. The number of hydrogen-bond acceptors (Lipinski definition) is 2. The zero-order chi connectivity index (χ0) is 12.3. The lowest BCUT2D eigenvalue weighted by Crippen LogP contribution is -2.43. The van der Waals surface area contributed by atoms with E-state index in [-0.39, 0.29) is 6.10 Å². The highest BCUT2D eigenvalue weighted by molar-refractivity contribution is 5.24. The van der Waals surface area contributed by atoms with Crippen molar-refractivity contribution in [3.05, 3.63) is 35.4 Å². The molecule has 2 heteroatoms. The topological polar surface area (TPSA) is 21.3 Å². The van der Waals surface area contributed by atoms with Crippen molar-refractivity contribution < 1.29 is 4.74 Å². The van der Waals surface area contributed by atoms with Gasteiger partial charge in [-0.2, -0.15) is 0 Å². The van der Waals surface area contributed by atoms with Crippen LogP contribution in [0.5, 0.6) is 0 Å². The third-order valence-corrected chi connectivity index (χ3v) is 3.26. The van der Waals surface area contributed by atoms with Crippen LogP contribution in [0.2, 0.25) is 0 Å². The van der Waals surface area contributed by atoms with E-state index in [9.17, 15) is 0 Å². The molecule has 2 atom stereocenters. The molecule has 0 spiro atoms. The second-order valence-electron chi connectivity index (χ2n) is 5.47. The molecule has 1 fully saturated rings. The average molecular weight is 233 g/mol. The molecule has 0 radical (unpaired) electrons. The van der Waals surface area contributed by atoms with Gasteiger partial charge in [-0.05, 0) is 24.8 Å². The quantitative estimate of drug-likeness (QED) is 0.866. The first-order chi connectivity index (χ1) is 8.15. The van der Waals surface area contributed by atoms with Crippen LogP contribution in [0.25, 0.3) is 0 Å². The molecule has 1 aliphatic rings. The van der Waals surface area contributed by atoms with Crippen molar-refractivity contribution in [1.82, 2.24) is 5.32 Å². The largest absolute Gasteiger partial charge is 0.371 e. The fraction of sp³-hybridized carbons (Fsp3) is 0.600. The fourth-order valence-corrected chi connectivity index (χ4v) is 2.43. The molecule has 94 valence electrons. The Morgan fingerprint density at radius 1 is 1.41 bits per heavy atom. The maximum absolute atomic E-state index is 5.97. The average Bonchev–Trinajstić information content (AvgIpc) is 2.29. The maximum atomic E-state index is 5.97. The molecule has 0 aromatic heterocycles. The summed E-state index contributed by atoms with van der Waals surface area (Å²) in [5, 5.41) is 3.59. The summed E-state index contributed by atoms with van der Waals surface area (Å²) < 4.78 is 5.97. The molecule has 1 aliphatic heterocycles. The molecule has 0 aliphatic carbocycles. The van der Waals surface area contributed by atoms with Crippen LogP contribution in [0.3, 0.4) is 0 Å². The minimum absolute atomic E-state index is 0.221. The Hall–Kier alpha value is -0.860. The summed E-state index contributed by atoms with van der Waals surface area (Å²) in [6, 6.07) is 9.13. The molecule has 1 saturated heterocycles. The van der Waals surface area contributed by atoms with E-state index in [1.54, 1.807) is 0 Å². The van der Waals surface area contributed by atoms with Gasteiger partial charge in [0.1, 0.15) is 0 Å². The van der Waals surface area contributed by atoms with E-state index in [0.717, 1.165) is 19.1 Å². The number of ether oxygens (including phenoxy) is 1. The molecule has 1 aromatic rings. The fourth-order valence-electron chi connectivity index (χ4n) is 2.43. The SMILES string of the molecule is Cc1cccc(C2CNC(CC(C)C)CO2)c1. The lowest BCUT2D eigenvalue weighted by molar-refractivity contribution is -0.00133. The second-order valence-corrected chi connectivity index (χ2v) is 5.47. The van der Waals surface area contributed by atoms with Gasteiger partial charge < -0.3 is 10.1 Å². The monoisotopic (exact) mass is 233 g/mol. The van der Waals surface area contributed by atoms with E-state index in [0.29, 0.717) is 6.04 Å². The van der Waals surface area contributed by atoms with Crippen LogP contribution in [0, 0.1) is 12.8 Å². The molecule has 17 heavy (non-hydrogen) atoms. The minimum atomic E-state index is 0.221. The molecular weight excluding hydrogens is 210 g/mol. The number of rotatable bonds is 3. The molecule has 1 aromatic carbocycles. The van der Waals surface area contributed by atoms with Gasteiger partial charge >= 0.3 is 0 Å². The van der Waals surface area contributed by atoms with Crippen molar-refractivity contribution >= 4 is 0 Å².